The molecular weight excluding hydrogens is 346 g/mol. The third kappa shape index (κ3) is 4.00. The van der Waals surface area contributed by atoms with Gasteiger partial charge in [-0.25, -0.2) is 0 Å². The Bertz CT molecular complexity index is 652. The minimum atomic E-state index is -0.261. The predicted octanol–water partition coefficient (Wildman–Crippen LogP) is 2.80. The van der Waals surface area contributed by atoms with Crippen LogP contribution in [0.1, 0.15) is 44.1 Å². The standard InChI is InChI=1S/C21H31NO5/c1-25-16-12-15(13-17(26-2)20(16)27-3)7-8-19(24)22-11-5-10-21(14-22)9-4-6-18(21)23/h12-13,18,23H,4-11,14H2,1-3H3/t18-,21+/m1/s1. The lowest BCUT2D eigenvalue weighted by atomic mass is 9.76. The van der Waals surface area contributed by atoms with Gasteiger partial charge in [0.05, 0.1) is 27.4 Å². The molecule has 1 saturated heterocycles. The van der Waals surface area contributed by atoms with Crippen LogP contribution in [0.4, 0.5) is 0 Å². The van der Waals surface area contributed by atoms with Gasteiger partial charge in [0.2, 0.25) is 11.7 Å². The minimum Gasteiger partial charge on any atom is -0.493 e. The molecule has 1 saturated carbocycles. The van der Waals surface area contributed by atoms with Crippen molar-refractivity contribution in [3.63, 3.8) is 0 Å². The first-order valence-corrected chi connectivity index (χ1v) is 9.77. The average molecular weight is 377 g/mol. The van der Waals surface area contributed by atoms with Gasteiger partial charge in [-0.15, -0.1) is 0 Å². The molecule has 0 radical (unpaired) electrons. The number of carbonyl (C=O) groups excluding carboxylic acids is 1. The van der Waals surface area contributed by atoms with Crippen molar-refractivity contribution in [2.45, 2.75) is 51.0 Å². The van der Waals surface area contributed by atoms with Gasteiger partial charge in [0, 0.05) is 24.9 Å². The number of carbonyl (C=O) groups is 1. The van der Waals surface area contributed by atoms with E-state index in [9.17, 15) is 9.90 Å². The molecule has 0 bridgehead atoms. The molecule has 3 rings (SSSR count). The van der Waals surface area contributed by atoms with Crippen LogP contribution in [-0.2, 0) is 11.2 Å². The normalized spacial score (nSPS) is 24.9. The van der Waals surface area contributed by atoms with Crippen molar-refractivity contribution in [1.82, 2.24) is 4.90 Å². The molecular formula is C21H31NO5. The van der Waals surface area contributed by atoms with Crippen LogP contribution in [0.5, 0.6) is 17.2 Å². The van der Waals surface area contributed by atoms with Crippen molar-refractivity contribution in [2.75, 3.05) is 34.4 Å². The predicted molar refractivity (Wildman–Crippen MR) is 103 cm³/mol. The number of ether oxygens (including phenoxy) is 3. The zero-order valence-corrected chi connectivity index (χ0v) is 16.6. The lowest BCUT2D eigenvalue weighted by molar-refractivity contribution is -0.136. The molecule has 1 amide bonds. The largest absolute Gasteiger partial charge is 0.493 e. The second kappa shape index (κ2) is 8.38. The smallest absolute Gasteiger partial charge is 0.222 e. The zero-order chi connectivity index (χ0) is 19.4. The molecule has 1 aromatic rings. The van der Waals surface area contributed by atoms with Gasteiger partial charge in [-0.1, -0.05) is 6.42 Å². The molecule has 1 spiro atoms. The van der Waals surface area contributed by atoms with Crippen LogP contribution in [0.25, 0.3) is 0 Å². The highest BCUT2D eigenvalue weighted by atomic mass is 16.5. The second-order valence-corrected chi connectivity index (χ2v) is 7.72. The number of aliphatic hydroxyl groups excluding tert-OH is 1. The Morgan fingerprint density at radius 1 is 1.15 bits per heavy atom. The van der Waals surface area contributed by atoms with Crippen molar-refractivity contribution in [3.8, 4) is 17.2 Å². The summed E-state index contributed by atoms with van der Waals surface area (Å²) < 4.78 is 16.1. The van der Waals surface area contributed by atoms with Gasteiger partial charge in [-0.3, -0.25) is 4.79 Å². The number of hydrogen-bond acceptors (Lipinski definition) is 5. The number of benzene rings is 1. The van der Waals surface area contributed by atoms with E-state index in [1.165, 1.54) is 0 Å². The van der Waals surface area contributed by atoms with Crippen LogP contribution in [0.15, 0.2) is 12.1 Å². The van der Waals surface area contributed by atoms with Gasteiger partial charge >= 0.3 is 0 Å². The van der Waals surface area contributed by atoms with Gasteiger partial charge < -0.3 is 24.2 Å². The molecule has 27 heavy (non-hydrogen) atoms. The molecule has 6 heteroatoms. The summed E-state index contributed by atoms with van der Waals surface area (Å²) in [6.07, 6.45) is 5.76. The van der Waals surface area contributed by atoms with Crippen LogP contribution in [0, 0.1) is 5.41 Å². The maximum Gasteiger partial charge on any atom is 0.222 e. The van der Waals surface area contributed by atoms with E-state index in [1.807, 2.05) is 17.0 Å². The van der Waals surface area contributed by atoms with Crippen molar-refractivity contribution in [1.29, 1.82) is 0 Å². The van der Waals surface area contributed by atoms with E-state index in [0.717, 1.165) is 44.2 Å². The molecule has 0 aromatic heterocycles. The number of amides is 1. The second-order valence-electron chi connectivity index (χ2n) is 7.72. The molecule has 2 atom stereocenters. The molecule has 6 nitrogen and oxygen atoms in total. The van der Waals surface area contributed by atoms with Gasteiger partial charge in [0.15, 0.2) is 11.5 Å². The number of aryl methyl sites for hydroxylation is 1. The van der Waals surface area contributed by atoms with Crippen molar-refractivity contribution in [3.05, 3.63) is 17.7 Å². The van der Waals surface area contributed by atoms with E-state index in [2.05, 4.69) is 0 Å². The lowest BCUT2D eigenvalue weighted by Gasteiger charge is -2.42. The Kier molecular flexibility index (Phi) is 6.15. The van der Waals surface area contributed by atoms with E-state index < -0.39 is 0 Å². The molecule has 1 heterocycles. The van der Waals surface area contributed by atoms with Crippen molar-refractivity contribution < 1.29 is 24.1 Å². The van der Waals surface area contributed by atoms with E-state index in [1.54, 1.807) is 21.3 Å². The molecule has 150 valence electrons. The fraction of sp³-hybridized carbons (Fsp3) is 0.667. The summed E-state index contributed by atoms with van der Waals surface area (Å²) in [7, 11) is 4.76. The lowest BCUT2D eigenvalue weighted by Crippen LogP contribution is -2.49. The number of rotatable bonds is 6. The highest BCUT2D eigenvalue weighted by Crippen LogP contribution is 2.45. The summed E-state index contributed by atoms with van der Waals surface area (Å²) in [4.78, 5) is 14.8. The highest BCUT2D eigenvalue weighted by molar-refractivity contribution is 5.76. The van der Waals surface area contributed by atoms with Crippen LogP contribution < -0.4 is 14.2 Å². The van der Waals surface area contributed by atoms with E-state index in [-0.39, 0.29) is 17.4 Å². The van der Waals surface area contributed by atoms with Crippen LogP contribution in [0.3, 0.4) is 0 Å². The number of methoxy groups -OCH3 is 3. The fourth-order valence-electron chi connectivity index (χ4n) is 4.66. The Hall–Kier alpha value is -1.95. The van der Waals surface area contributed by atoms with Gasteiger partial charge in [0.25, 0.3) is 0 Å². The van der Waals surface area contributed by atoms with Crippen molar-refractivity contribution >= 4 is 5.91 Å². The summed E-state index contributed by atoms with van der Waals surface area (Å²) in [5.74, 6) is 1.92. The van der Waals surface area contributed by atoms with Crippen LogP contribution >= 0.6 is 0 Å². The topological polar surface area (TPSA) is 68.2 Å². The number of hydrogen-bond donors (Lipinski definition) is 1. The summed E-state index contributed by atoms with van der Waals surface area (Å²) in [5, 5.41) is 10.4. The third-order valence-electron chi connectivity index (χ3n) is 6.17. The SMILES string of the molecule is COc1cc(CCC(=O)N2CCC[C@@]3(CCC[C@H]3O)C2)cc(OC)c1OC. The summed E-state index contributed by atoms with van der Waals surface area (Å²) in [6, 6.07) is 3.79. The number of nitrogens with zero attached hydrogens (tertiary/aromatic N) is 1. The first kappa shape index (κ1) is 19.8. The van der Waals surface area contributed by atoms with Crippen molar-refractivity contribution in [2.24, 2.45) is 5.41 Å². The third-order valence-corrected chi connectivity index (χ3v) is 6.17. The zero-order valence-electron chi connectivity index (χ0n) is 16.6. The quantitative estimate of drug-likeness (QED) is 0.826. The molecule has 2 fully saturated rings. The highest BCUT2D eigenvalue weighted by Gasteiger charge is 2.45. The molecule has 0 unspecified atom stereocenters. The van der Waals surface area contributed by atoms with E-state index in [0.29, 0.717) is 36.6 Å². The summed E-state index contributed by atoms with van der Waals surface area (Å²) >= 11 is 0. The number of piperidine rings is 1. The van der Waals surface area contributed by atoms with E-state index in [4.69, 9.17) is 14.2 Å². The first-order valence-electron chi connectivity index (χ1n) is 9.77. The maximum absolute atomic E-state index is 12.8. The summed E-state index contributed by atoms with van der Waals surface area (Å²) in [5.41, 5.74) is 0.908. The van der Waals surface area contributed by atoms with Gasteiger partial charge in [-0.05, 0) is 49.8 Å². The molecule has 1 aliphatic heterocycles. The molecule has 1 aromatic carbocycles. The molecule has 1 aliphatic carbocycles. The monoisotopic (exact) mass is 377 g/mol. The van der Waals surface area contributed by atoms with Gasteiger partial charge in [-0.2, -0.15) is 0 Å². The van der Waals surface area contributed by atoms with Crippen LogP contribution in [-0.4, -0.2) is 56.4 Å². The summed E-state index contributed by atoms with van der Waals surface area (Å²) in [6.45, 7) is 1.49. The van der Waals surface area contributed by atoms with Gasteiger partial charge in [0.1, 0.15) is 0 Å². The Morgan fingerprint density at radius 2 is 1.81 bits per heavy atom. The Morgan fingerprint density at radius 3 is 2.37 bits per heavy atom. The number of aliphatic hydroxyl groups is 1. The minimum absolute atomic E-state index is 0.0690. The van der Waals surface area contributed by atoms with Crippen LogP contribution in [0.2, 0.25) is 0 Å². The average Bonchev–Trinajstić information content (AvgIpc) is 3.04. The maximum atomic E-state index is 12.8. The first-order chi connectivity index (χ1) is 13.0. The fourth-order valence-corrected chi connectivity index (χ4v) is 4.66. The molecule has 1 N–H and O–H groups in total. The number of likely N-dealkylation sites (tertiary alicyclic amines) is 1. The molecule has 2 aliphatic rings. The van der Waals surface area contributed by atoms with E-state index >= 15 is 0 Å². The Labute approximate surface area is 161 Å². The Balaban J connectivity index is 1.65.